The Bertz CT molecular complexity index is 419. The number of carboxylic acids is 1. The predicted molar refractivity (Wildman–Crippen MR) is 68.8 cm³/mol. The highest BCUT2D eigenvalue weighted by Gasteiger charge is 2.25. The largest absolute Gasteiger partial charge is 0.476 e. The van der Waals surface area contributed by atoms with Crippen LogP contribution in [0.5, 0.6) is 0 Å². The maximum absolute atomic E-state index is 10.7. The minimum Gasteiger partial charge on any atom is -0.476 e. The summed E-state index contributed by atoms with van der Waals surface area (Å²) in [4.78, 5) is 21.1. The number of nitrogens with zero attached hydrogens (tertiary/aromatic N) is 3. The van der Waals surface area contributed by atoms with Gasteiger partial charge in [0.2, 0.25) is 0 Å². The van der Waals surface area contributed by atoms with Gasteiger partial charge in [-0.15, -0.1) is 0 Å². The van der Waals surface area contributed by atoms with Gasteiger partial charge in [-0.2, -0.15) is 0 Å². The zero-order valence-electron chi connectivity index (χ0n) is 10.8. The molecule has 0 saturated carbocycles. The van der Waals surface area contributed by atoms with E-state index >= 15 is 0 Å². The number of aromatic carboxylic acids is 1. The molecule has 1 aliphatic rings. The monoisotopic (exact) mass is 249 g/mol. The second-order valence-electron chi connectivity index (χ2n) is 4.92. The number of rotatable bonds is 3. The Morgan fingerprint density at radius 2 is 2.22 bits per heavy atom. The lowest BCUT2D eigenvalue weighted by molar-refractivity contribution is 0.0690. The van der Waals surface area contributed by atoms with Gasteiger partial charge < -0.3 is 10.0 Å². The van der Waals surface area contributed by atoms with E-state index in [1.54, 1.807) is 6.20 Å². The molecule has 2 rings (SSSR count). The van der Waals surface area contributed by atoms with Gasteiger partial charge in [0.1, 0.15) is 5.82 Å². The Morgan fingerprint density at radius 1 is 1.44 bits per heavy atom. The Balaban J connectivity index is 2.16. The molecule has 0 amide bonds. The van der Waals surface area contributed by atoms with Gasteiger partial charge in [0.15, 0.2) is 5.69 Å². The van der Waals surface area contributed by atoms with Crippen molar-refractivity contribution in [2.24, 2.45) is 5.92 Å². The molecular formula is C13H19N3O2. The molecule has 1 saturated heterocycles. The van der Waals surface area contributed by atoms with E-state index in [0.717, 1.165) is 18.8 Å². The van der Waals surface area contributed by atoms with E-state index in [0.29, 0.717) is 12.0 Å². The van der Waals surface area contributed by atoms with Crippen LogP contribution < -0.4 is 4.90 Å². The minimum atomic E-state index is -1.04. The minimum absolute atomic E-state index is 0.00421. The van der Waals surface area contributed by atoms with Crippen molar-refractivity contribution < 1.29 is 9.90 Å². The lowest BCUT2D eigenvalue weighted by Crippen LogP contribution is -2.42. The third-order valence-electron chi connectivity index (χ3n) is 3.71. The topological polar surface area (TPSA) is 66.3 Å². The Hall–Kier alpha value is -1.65. The van der Waals surface area contributed by atoms with Crippen LogP contribution in [-0.2, 0) is 0 Å². The smallest absolute Gasteiger partial charge is 0.356 e. The van der Waals surface area contributed by atoms with Crippen LogP contribution in [-0.4, -0.2) is 33.6 Å². The third kappa shape index (κ3) is 2.60. The number of hydrogen-bond acceptors (Lipinski definition) is 4. The summed E-state index contributed by atoms with van der Waals surface area (Å²) < 4.78 is 0. The van der Waals surface area contributed by atoms with E-state index in [4.69, 9.17) is 5.11 Å². The van der Waals surface area contributed by atoms with Gasteiger partial charge >= 0.3 is 5.97 Å². The molecule has 2 atom stereocenters. The van der Waals surface area contributed by atoms with Crippen molar-refractivity contribution in [3.8, 4) is 0 Å². The fraction of sp³-hybridized carbons (Fsp3) is 0.615. The number of aromatic nitrogens is 2. The van der Waals surface area contributed by atoms with E-state index in [-0.39, 0.29) is 5.69 Å². The van der Waals surface area contributed by atoms with Gasteiger partial charge in [-0.3, -0.25) is 0 Å². The van der Waals surface area contributed by atoms with Gasteiger partial charge in [0.25, 0.3) is 0 Å². The first kappa shape index (κ1) is 12.8. The summed E-state index contributed by atoms with van der Waals surface area (Å²) in [7, 11) is 0. The molecule has 0 aromatic carbocycles. The molecule has 0 unspecified atom stereocenters. The molecule has 18 heavy (non-hydrogen) atoms. The van der Waals surface area contributed by atoms with Crippen molar-refractivity contribution in [2.75, 3.05) is 11.4 Å². The summed E-state index contributed by atoms with van der Waals surface area (Å²) in [6.07, 6.45) is 6.48. The third-order valence-corrected chi connectivity index (χ3v) is 3.71. The molecule has 5 heteroatoms. The molecule has 98 valence electrons. The van der Waals surface area contributed by atoms with E-state index in [1.807, 2.05) is 0 Å². The summed E-state index contributed by atoms with van der Waals surface area (Å²) in [5, 5.41) is 8.80. The van der Waals surface area contributed by atoms with Crippen LogP contribution >= 0.6 is 0 Å². The van der Waals surface area contributed by atoms with Crippen LogP contribution in [0.3, 0.4) is 0 Å². The maximum atomic E-state index is 10.7. The second kappa shape index (κ2) is 5.33. The van der Waals surface area contributed by atoms with Crippen molar-refractivity contribution in [1.29, 1.82) is 0 Å². The zero-order chi connectivity index (χ0) is 13.1. The summed E-state index contributed by atoms with van der Waals surface area (Å²) in [5.74, 6) is 0.444. The summed E-state index contributed by atoms with van der Waals surface area (Å²) in [6, 6.07) is 0.442. The lowest BCUT2D eigenvalue weighted by atomic mass is 9.91. The van der Waals surface area contributed by atoms with Crippen LogP contribution in [0.1, 0.15) is 43.6 Å². The molecule has 0 bridgehead atoms. The number of anilines is 1. The van der Waals surface area contributed by atoms with Gasteiger partial charge in [-0.05, 0) is 25.7 Å². The van der Waals surface area contributed by atoms with E-state index in [1.165, 1.54) is 19.0 Å². The highest BCUT2D eigenvalue weighted by Crippen LogP contribution is 2.27. The van der Waals surface area contributed by atoms with Crippen LogP contribution in [0.25, 0.3) is 0 Å². The Labute approximate surface area is 107 Å². The summed E-state index contributed by atoms with van der Waals surface area (Å²) in [6.45, 7) is 5.37. The molecular weight excluding hydrogens is 230 g/mol. The van der Waals surface area contributed by atoms with Crippen LogP contribution in [0.4, 0.5) is 5.82 Å². The van der Waals surface area contributed by atoms with Crippen LogP contribution in [0.2, 0.25) is 0 Å². The SMILES string of the molecule is CC[C@@H]1CC[C@H](C)N(c2cnc(C(=O)O)cn2)C1. The molecule has 5 nitrogen and oxygen atoms in total. The number of piperidine rings is 1. The molecule has 1 aliphatic heterocycles. The second-order valence-corrected chi connectivity index (χ2v) is 4.92. The molecule has 0 radical (unpaired) electrons. The summed E-state index contributed by atoms with van der Waals surface area (Å²) in [5.41, 5.74) is -0.00421. The molecule has 0 aliphatic carbocycles. The molecule has 2 heterocycles. The van der Waals surface area contributed by atoms with E-state index in [9.17, 15) is 4.79 Å². The Kier molecular flexibility index (Phi) is 3.79. The van der Waals surface area contributed by atoms with Gasteiger partial charge in [0, 0.05) is 12.6 Å². The normalized spacial score (nSPS) is 24.0. The highest BCUT2D eigenvalue weighted by atomic mass is 16.4. The first-order valence-corrected chi connectivity index (χ1v) is 6.43. The van der Waals surface area contributed by atoms with E-state index in [2.05, 4.69) is 28.7 Å². The standard InChI is InChI=1S/C13H19N3O2/c1-3-10-5-4-9(2)16(8-10)12-7-14-11(6-15-12)13(17)18/h6-7,9-10H,3-5,8H2,1-2H3,(H,17,18)/t9-,10+/m0/s1. The Morgan fingerprint density at radius 3 is 2.78 bits per heavy atom. The van der Waals surface area contributed by atoms with Gasteiger partial charge in [-0.25, -0.2) is 14.8 Å². The number of hydrogen-bond donors (Lipinski definition) is 1. The fourth-order valence-corrected chi connectivity index (χ4v) is 2.41. The molecule has 1 fully saturated rings. The number of carboxylic acid groups (broad SMARTS) is 1. The van der Waals surface area contributed by atoms with Gasteiger partial charge in [0.05, 0.1) is 12.4 Å². The first-order valence-electron chi connectivity index (χ1n) is 6.43. The first-order chi connectivity index (χ1) is 8.61. The van der Waals surface area contributed by atoms with Crippen molar-refractivity contribution in [3.63, 3.8) is 0 Å². The molecule has 1 N–H and O–H groups in total. The van der Waals surface area contributed by atoms with Gasteiger partial charge in [-0.1, -0.05) is 13.3 Å². The van der Waals surface area contributed by atoms with Crippen LogP contribution in [0, 0.1) is 5.92 Å². The van der Waals surface area contributed by atoms with E-state index < -0.39 is 5.97 Å². The predicted octanol–water partition coefficient (Wildman–Crippen LogP) is 2.19. The average molecular weight is 249 g/mol. The highest BCUT2D eigenvalue weighted by molar-refractivity contribution is 5.84. The molecule has 0 spiro atoms. The quantitative estimate of drug-likeness (QED) is 0.889. The van der Waals surface area contributed by atoms with Crippen molar-refractivity contribution in [3.05, 3.63) is 18.1 Å². The maximum Gasteiger partial charge on any atom is 0.356 e. The number of carbonyl (C=O) groups is 1. The van der Waals surface area contributed by atoms with Crippen molar-refractivity contribution in [2.45, 2.75) is 39.2 Å². The fourth-order valence-electron chi connectivity index (χ4n) is 2.41. The molecule has 1 aromatic rings. The zero-order valence-corrected chi connectivity index (χ0v) is 10.8. The summed E-state index contributed by atoms with van der Waals surface area (Å²) >= 11 is 0. The lowest BCUT2D eigenvalue weighted by Gasteiger charge is -2.38. The average Bonchev–Trinajstić information content (AvgIpc) is 2.39. The van der Waals surface area contributed by atoms with Crippen molar-refractivity contribution in [1.82, 2.24) is 9.97 Å². The molecule has 1 aromatic heterocycles. The van der Waals surface area contributed by atoms with Crippen molar-refractivity contribution >= 4 is 11.8 Å². The van der Waals surface area contributed by atoms with Crippen LogP contribution in [0.15, 0.2) is 12.4 Å².